The normalized spacial score (nSPS) is 31.1. The van der Waals surface area contributed by atoms with Crippen molar-refractivity contribution in [1.29, 1.82) is 0 Å². The molecule has 3 aliphatic rings. The van der Waals surface area contributed by atoms with E-state index in [1.165, 1.54) is 0 Å². The largest absolute Gasteiger partial charge is 0.396 e. The van der Waals surface area contributed by atoms with Gasteiger partial charge < -0.3 is 20.6 Å². The number of anilines is 1. The number of likely N-dealkylation sites (tertiary alicyclic amines) is 1. The fourth-order valence-electron chi connectivity index (χ4n) is 5.48. The molecule has 4 rings (SSSR count). The van der Waals surface area contributed by atoms with E-state index >= 15 is 0 Å². The van der Waals surface area contributed by atoms with E-state index in [1.54, 1.807) is 48.0 Å². The van der Waals surface area contributed by atoms with Crippen LogP contribution in [0.4, 0.5) is 5.69 Å². The zero-order valence-corrected chi connectivity index (χ0v) is 19.0. The molecule has 9 heteroatoms. The Bertz CT molecular complexity index is 867. The maximum absolute atomic E-state index is 13.6. The summed E-state index contributed by atoms with van der Waals surface area (Å²) in [5.74, 6) is -1.30. The van der Waals surface area contributed by atoms with Gasteiger partial charge in [0.25, 0.3) is 0 Å². The summed E-state index contributed by atoms with van der Waals surface area (Å²) in [5.41, 5.74) is 0.627. The van der Waals surface area contributed by atoms with Gasteiger partial charge in [0.15, 0.2) is 0 Å². The summed E-state index contributed by atoms with van der Waals surface area (Å²) < 4.78 is -0.577. The molecule has 2 unspecified atom stereocenters. The molecule has 0 aromatic heterocycles. The van der Waals surface area contributed by atoms with Crippen molar-refractivity contribution < 1.29 is 19.5 Å². The topological polar surface area (TPSA) is 98.7 Å². The van der Waals surface area contributed by atoms with Crippen LogP contribution in [0.3, 0.4) is 0 Å². The Morgan fingerprint density at radius 1 is 1.23 bits per heavy atom. The third-order valence-corrected chi connectivity index (χ3v) is 8.97. The average Bonchev–Trinajstić information content (AvgIpc) is 3.40. The molecule has 168 valence electrons. The van der Waals surface area contributed by atoms with Crippen LogP contribution in [0, 0.1) is 11.8 Å². The van der Waals surface area contributed by atoms with Crippen molar-refractivity contribution >= 4 is 46.8 Å². The molecule has 7 nitrogen and oxygen atoms in total. The van der Waals surface area contributed by atoms with E-state index in [1.807, 2.05) is 0 Å². The van der Waals surface area contributed by atoms with Gasteiger partial charge in [-0.3, -0.25) is 14.4 Å². The van der Waals surface area contributed by atoms with Gasteiger partial charge in [0.05, 0.1) is 16.6 Å². The predicted octanol–water partition coefficient (Wildman–Crippen LogP) is 2.28. The lowest BCUT2D eigenvalue weighted by Gasteiger charge is -2.34. The van der Waals surface area contributed by atoms with Crippen LogP contribution in [0.2, 0.25) is 5.02 Å². The number of amides is 3. The molecule has 1 aromatic rings. The van der Waals surface area contributed by atoms with Crippen molar-refractivity contribution in [3.05, 3.63) is 29.3 Å². The average molecular weight is 466 g/mol. The van der Waals surface area contributed by atoms with Gasteiger partial charge >= 0.3 is 0 Å². The van der Waals surface area contributed by atoms with Gasteiger partial charge in [0, 0.05) is 36.2 Å². The van der Waals surface area contributed by atoms with Crippen molar-refractivity contribution in [2.75, 3.05) is 25.5 Å². The lowest BCUT2D eigenvalue weighted by molar-refractivity contribution is -0.139. The van der Waals surface area contributed by atoms with E-state index in [9.17, 15) is 14.4 Å². The van der Waals surface area contributed by atoms with Crippen LogP contribution in [-0.2, 0) is 14.4 Å². The highest BCUT2D eigenvalue weighted by Gasteiger charge is 2.73. The highest BCUT2D eigenvalue weighted by Crippen LogP contribution is 2.66. The first-order valence-electron chi connectivity index (χ1n) is 10.8. The second-order valence-electron chi connectivity index (χ2n) is 8.48. The second-order valence-corrected chi connectivity index (χ2v) is 10.5. The van der Waals surface area contributed by atoms with Crippen molar-refractivity contribution in [3.8, 4) is 0 Å². The summed E-state index contributed by atoms with van der Waals surface area (Å²) in [6, 6.07) is 6.28. The zero-order valence-electron chi connectivity index (χ0n) is 17.5. The summed E-state index contributed by atoms with van der Waals surface area (Å²) in [6.45, 7) is 0.554. The van der Waals surface area contributed by atoms with Crippen LogP contribution in [0.25, 0.3) is 0 Å². The van der Waals surface area contributed by atoms with Crippen LogP contribution in [0.15, 0.2) is 24.3 Å². The summed E-state index contributed by atoms with van der Waals surface area (Å²) in [5, 5.41) is 15.4. The number of fused-ring (bicyclic) bond motifs is 1. The molecule has 3 aliphatic heterocycles. The molecule has 0 saturated carbocycles. The van der Waals surface area contributed by atoms with Crippen molar-refractivity contribution in [3.63, 3.8) is 0 Å². The van der Waals surface area contributed by atoms with Crippen molar-refractivity contribution in [2.45, 2.75) is 48.1 Å². The Hall–Kier alpha value is -1.77. The first kappa shape index (κ1) is 22.4. The number of benzene rings is 1. The predicted molar refractivity (Wildman–Crippen MR) is 121 cm³/mol. The number of nitrogens with zero attached hydrogens (tertiary/aromatic N) is 1. The van der Waals surface area contributed by atoms with Crippen LogP contribution in [-0.4, -0.2) is 64.0 Å². The smallest absolute Gasteiger partial charge is 0.248 e. The minimum Gasteiger partial charge on any atom is -0.396 e. The third kappa shape index (κ3) is 3.83. The second kappa shape index (κ2) is 9.00. The van der Waals surface area contributed by atoms with E-state index in [-0.39, 0.29) is 29.6 Å². The van der Waals surface area contributed by atoms with Gasteiger partial charge in [-0.25, -0.2) is 0 Å². The number of aliphatic hydroxyl groups is 1. The molecule has 3 amide bonds. The first-order valence-corrected chi connectivity index (χ1v) is 12.1. The fourth-order valence-corrected chi connectivity index (χ4v) is 7.82. The Labute approximate surface area is 191 Å². The number of carbonyl (C=O) groups excluding carboxylic acids is 3. The number of aliphatic hydroxyl groups excluding tert-OH is 1. The van der Waals surface area contributed by atoms with Gasteiger partial charge in [-0.2, -0.15) is 0 Å². The number of rotatable bonds is 8. The summed E-state index contributed by atoms with van der Waals surface area (Å²) in [7, 11) is 1.60. The Balaban J connectivity index is 1.63. The number of carbonyl (C=O) groups is 3. The Kier molecular flexibility index (Phi) is 6.51. The molecule has 31 heavy (non-hydrogen) atoms. The van der Waals surface area contributed by atoms with E-state index in [0.717, 1.165) is 19.3 Å². The van der Waals surface area contributed by atoms with Crippen LogP contribution < -0.4 is 10.6 Å². The maximum Gasteiger partial charge on any atom is 0.248 e. The third-order valence-electron chi connectivity index (χ3n) is 6.77. The van der Waals surface area contributed by atoms with E-state index in [4.69, 9.17) is 16.7 Å². The van der Waals surface area contributed by atoms with Gasteiger partial charge in [-0.05, 0) is 56.4 Å². The SMILES string of the molecule is CNC(=O)[C@@H]1[C@@H]2CCC3(S2)C(C(=O)Nc2ccc(Cl)cc2)N(CCCCCO)C(=O)[C@H]13. The Morgan fingerprint density at radius 2 is 1.97 bits per heavy atom. The van der Waals surface area contributed by atoms with Crippen molar-refractivity contribution in [2.24, 2.45) is 11.8 Å². The molecule has 5 atom stereocenters. The molecule has 0 radical (unpaired) electrons. The molecule has 0 aliphatic carbocycles. The Morgan fingerprint density at radius 3 is 2.65 bits per heavy atom. The molecular weight excluding hydrogens is 438 g/mol. The lowest BCUT2D eigenvalue weighted by Crippen LogP contribution is -2.51. The van der Waals surface area contributed by atoms with Gasteiger partial charge in [-0.1, -0.05) is 11.6 Å². The molecular formula is C22H28ClN3O4S. The molecule has 1 aromatic carbocycles. The number of unbranched alkanes of at least 4 members (excludes halogenated alkanes) is 2. The number of hydrogen-bond acceptors (Lipinski definition) is 5. The first-order chi connectivity index (χ1) is 14.9. The highest BCUT2D eigenvalue weighted by molar-refractivity contribution is 8.02. The minimum atomic E-state index is -0.625. The standard InChI is InChI=1S/C22H28ClN3O4S/c1-24-19(28)16-15-9-10-22(31-15)17(16)21(30)26(11-3-2-4-12-27)18(22)20(29)25-14-7-5-13(23)6-8-14/h5-8,15-18,27H,2-4,9-12H2,1H3,(H,24,28)(H,25,29)/t15-,16+,17-,18?,22?/m0/s1. The summed E-state index contributed by atoms with van der Waals surface area (Å²) in [6.07, 6.45) is 3.72. The number of thioether (sulfide) groups is 1. The molecule has 2 bridgehead atoms. The van der Waals surface area contributed by atoms with E-state index in [2.05, 4.69) is 10.6 Å². The molecule has 3 N–H and O–H groups in total. The highest BCUT2D eigenvalue weighted by atomic mass is 35.5. The molecule has 1 spiro atoms. The van der Waals surface area contributed by atoms with Crippen LogP contribution in [0.5, 0.6) is 0 Å². The van der Waals surface area contributed by atoms with Crippen LogP contribution >= 0.6 is 23.4 Å². The zero-order chi connectivity index (χ0) is 22.2. The minimum absolute atomic E-state index is 0.0660. The molecule has 3 heterocycles. The van der Waals surface area contributed by atoms with E-state index in [0.29, 0.717) is 30.1 Å². The molecule has 3 saturated heterocycles. The van der Waals surface area contributed by atoms with Gasteiger partial charge in [0.1, 0.15) is 6.04 Å². The number of halogens is 1. The summed E-state index contributed by atoms with van der Waals surface area (Å²) in [4.78, 5) is 41.4. The van der Waals surface area contributed by atoms with E-state index < -0.39 is 22.6 Å². The van der Waals surface area contributed by atoms with Gasteiger partial charge in [0.2, 0.25) is 17.7 Å². The quantitative estimate of drug-likeness (QED) is 0.511. The number of nitrogens with one attached hydrogen (secondary N) is 2. The lowest BCUT2D eigenvalue weighted by atomic mass is 9.71. The number of hydrogen-bond donors (Lipinski definition) is 3. The van der Waals surface area contributed by atoms with Crippen molar-refractivity contribution in [1.82, 2.24) is 10.2 Å². The fraction of sp³-hybridized carbons (Fsp3) is 0.591. The maximum atomic E-state index is 13.6. The monoisotopic (exact) mass is 465 g/mol. The van der Waals surface area contributed by atoms with Crippen LogP contribution in [0.1, 0.15) is 32.1 Å². The summed E-state index contributed by atoms with van der Waals surface area (Å²) >= 11 is 7.62. The van der Waals surface area contributed by atoms with Gasteiger partial charge in [-0.15, -0.1) is 11.8 Å². The molecule has 3 fully saturated rings.